The third-order valence-corrected chi connectivity index (χ3v) is 4.23. The fourth-order valence-electron chi connectivity index (χ4n) is 2.17. The van der Waals surface area contributed by atoms with Gasteiger partial charge in [0.25, 0.3) is 0 Å². The fraction of sp³-hybridized carbons (Fsp3) is 0.500. The van der Waals surface area contributed by atoms with Gasteiger partial charge in [-0.25, -0.2) is 4.79 Å². The molecule has 5 nitrogen and oxygen atoms in total. The molecule has 0 unspecified atom stereocenters. The third kappa shape index (κ3) is 5.30. The molecule has 1 heterocycles. The highest BCUT2D eigenvalue weighted by molar-refractivity contribution is 7.83. The molecule has 21 heavy (non-hydrogen) atoms. The molecule has 1 aromatic rings. The SMILES string of the molecule is C[S@](=O)Cc1ccc(Cl)c(NC(=O)NC[C@@H]2CCCO2)c1. The minimum Gasteiger partial charge on any atom is -0.376 e. The molecule has 116 valence electrons. The Kier molecular flexibility index (Phi) is 6.02. The molecule has 1 aliphatic rings. The molecule has 0 aromatic heterocycles. The van der Waals surface area contributed by atoms with E-state index in [0.717, 1.165) is 25.0 Å². The maximum atomic E-state index is 11.9. The lowest BCUT2D eigenvalue weighted by Gasteiger charge is -2.13. The molecule has 1 aromatic carbocycles. The summed E-state index contributed by atoms with van der Waals surface area (Å²) >= 11 is 6.06. The van der Waals surface area contributed by atoms with Crippen molar-refractivity contribution >= 4 is 34.1 Å². The van der Waals surface area contributed by atoms with Crippen molar-refractivity contribution in [2.75, 3.05) is 24.7 Å². The summed E-state index contributed by atoms with van der Waals surface area (Å²) in [4.78, 5) is 11.9. The number of ether oxygens (including phenoxy) is 1. The van der Waals surface area contributed by atoms with Crippen molar-refractivity contribution in [3.63, 3.8) is 0 Å². The number of hydrogen-bond acceptors (Lipinski definition) is 3. The molecule has 0 spiro atoms. The lowest BCUT2D eigenvalue weighted by molar-refractivity contribution is 0.112. The molecule has 0 saturated carbocycles. The number of urea groups is 1. The van der Waals surface area contributed by atoms with Crippen LogP contribution in [0.2, 0.25) is 5.02 Å². The summed E-state index contributed by atoms with van der Waals surface area (Å²) in [7, 11) is -0.937. The van der Waals surface area contributed by atoms with E-state index in [9.17, 15) is 9.00 Å². The van der Waals surface area contributed by atoms with Crippen LogP contribution in [0.3, 0.4) is 0 Å². The molecular weight excluding hydrogens is 312 g/mol. The van der Waals surface area contributed by atoms with Gasteiger partial charge in [0.1, 0.15) is 0 Å². The van der Waals surface area contributed by atoms with Crippen LogP contribution in [0.15, 0.2) is 18.2 Å². The van der Waals surface area contributed by atoms with Gasteiger partial charge in [-0.2, -0.15) is 0 Å². The number of halogens is 1. The predicted octanol–water partition coefficient (Wildman–Crippen LogP) is 2.52. The Morgan fingerprint density at radius 2 is 2.33 bits per heavy atom. The van der Waals surface area contributed by atoms with Gasteiger partial charge in [0, 0.05) is 36.0 Å². The second-order valence-corrected chi connectivity index (χ2v) is 6.84. The third-order valence-electron chi connectivity index (χ3n) is 3.16. The molecule has 1 fully saturated rings. The zero-order valence-corrected chi connectivity index (χ0v) is 13.4. The fourth-order valence-corrected chi connectivity index (χ4v) is 2.98. The maximum Gasteiger partial charge on any atom is 0.319 e. The Morgan fingerprint density at radius 1 is 1.52 bits per heavy atom. The summed E-state index contributed by atoms with van der Waals surface area (Å²) in [6.45, 7) is 1.25. The van der Waals surface area contributed by atoms with Crippen molar-refractivity contribution in [1.29, 1.82) is 0 Å². The largest absolute Gasteiger partial charge is 0.376 e. The van der Waals surface area contributed by atoms with E-state index in [1.54, 1.807) is 24.5 Å². The second-order valence-electron chi connectivity index (χ2n) is 5.00. The quantitative estimate of drug-likeness (QED) is 0.871. The van der Waals surface area contributed by atoms with Gasteiger partial charge in [0.05, 0.1) is 16.8 Å². The number of amides is 2. The first kappa shape index (κ1) is 16.3. The molecule has 1 saturated heterocycles. The van der Waals surface area contributed by atoms with Gasteiger partial charge >= 0.3 is 6.03 Å². The Labute approximate surface area is 131 Å². The zero-order chi connectivity index (χ0) is 15.2. The topological polar surface area (TPSA) is 67.4 Å². The predicted molar refractivity (Wildman–Crippen MR) is 85.2 cm³/mol. The zero-order valence-electron chi connectivity index (χ0n) is 11.9. The van der Waals surface area contributed by atoms with Crippen LogP contribution >= 0.6 is 11.6 Å². The van der Waals surface area contributed by atoms with Crippen LogP contribution in [0.25, 0.3) is 0 Å². The molecular formula is C14H19ClN2O3S. The minimum absolute atomic E-state index is 0.0973. The van der Waals surface area contributed by atoms with Crippen LogP contribution in [0.1, 0.15) is 18.4 Å². The molecule has 2 rings (SSSR count). The summed E-state index contributed by atoms with van der Waals surface area (Å²) < 4.78 is 16.7. The summed E-state index contributed by atoms with van der Waals surface area (Å²) in [5, 5.41) is 5.93. The van der Waals surface area contributed by atoms with E-state index in [-0.39, 0.29) is 12.1 Å². The van der Waals surface area contributed by atoms with Crippen molar-refractivity contribution in [3.05, 3.63) is 28.8 Å². The molecule has 1 aliphatic heterocycles. The van der Waals surface area contributed by atoms with E-state index in [2.05, 4.69) is 10.6 Å². The van der Waals surface area contributed by atoms with Crippen molar-refractivity contribution in [2.45, 2.75) is 24.7 Å². The Morgan fingerprint density at radius 3 is 3.00 bits per heavy atom. The van der Waals surface area contributed by atoms with E-state index >= 15 is 0 Å². The van der Waals surface area contributed by atoms with Crippen LogP contribution < -0.4 is 10.6 Å². The smallest absolute Gasteiger partial charge is 0.319 e. The molecule has 0 bridgehead atoms. The number of carbonyl (C=O) groups is 1. The number of anilines is 1. The minimum atomic E-state index is -0.937. The lowest BCUT2D eigenvalue weighted by Crippen LogP contribution is -2.35. The van der Waals surface area contributed by atoms with E-state index < -0.39 is 10.8 Å². The first-order valence-corrected chi connectivity index (χ1v) is 8.90. The van der Waals surface area contributed by atoms with Crippen LogP contribution in [0.4, 0.5) is 10.5 Å². The van der Waals surface area contributed by atoms with Crippen LogP contribution in [0.5, 0.6) is 0 Å². The number of rotatable bonds is 5. The normalized spacial score (nSPS) is 19.2. The number of nitrogens with one attached hydrogen (secondary N) is 2. The van der Waals surface area contributed by atoms with E-state index in [0.29, 0.717) is 23.0 Å². The summed E-state index contributed by atoms with van der Waals surface area (Å²) in [5.41, 5.74) is 1.39. The van der Waals surface area contributed by atoms with Crippen LogP contribution in [0, 0.1) is 0 Å². The lowest BCUT2D eigenvalue weighted by atomic mass is 10.2. The number of hydrogen-bond donors (Lipinski definition) is 2. The van der Waals surface area contributed by atoms with E-state index in [1.807, 2.05) is 0 Å². The number of carbonyl (C=O) groups excluding carboxylic acids is 1. The summed E-state index contributed by atoms with van der Waals surface area (Å²) in [6, 6.07) is 4.93. The Hall–Kier alpha value is -1.11. The first-order chi connectivity index (χ1) is 10.0. The molecule has 0 radical (unpaired) electrons. The average molecular weight is 331 g/mol. The van der Waals surface area contributed by atoms with E-state index in [4.69, 9.17) is 16.3 Å². The highest BCUT2D eigenvalue weighted by Crippen LogP contribution is 2.23. The van der Waals surface area contributed by atoms with Crippen LogP contribution in [-0.2, 0) is 21.3 Å². The van der Waals surface area contributed by atoms with Crippen molar-refractivity contribution in [2.24, 2.45) is 0 Å². The highest BCUT2D eigenvalue weighted by atomic mass is 35.5. The monoisotopic (exact) mass is 330 g/mol. The van der Waals surface area contributed by atoms with Gasteiger partial charge in [-0.1, -0.05) is 17.7 Å². The summed E-state index contributed by atoms with van der Waals surface area (Å²) in [5.74, 6) is 0.434. The average Bonchev–Trinajstić information content (AvgIpc) is 2.93. The maximum absolute atomic E-state index is 11.9. The Balaban J connectivity index is 1.90. The summed E-state index contributed by atoms with van der Waals surface area (Å²) in [6.07, 6.45) is 3.74. The molecule has 2 N–H and O–H groups in total. The molecule has 7 heteroatoms. The van der Waals surface area contributed by atoms with Crippen molar-refractivity contribution in [3.8, 4) is 0 Å². The number of benzene rings is 1. The van der Waals surface area contributed by atoms with Gasteiger partial charge in [-0.3, -0.25) is 4.21 Å². The van der Waals surface area contributed by atoms with Crippen LogP contribution in [-0.4, -0.2) is 35.8 Å². The van der Waals surface area contributed by atoms with Gasteiger partial charge in [0.2, 0.25) is 0 Å². The Bertz CT molecular complexity index is 533. The van der Waals surface area contributed by atoms with Gasteiger partial charge in [-0.15, -0.1) is 0 Å². The second kappa shape index (κ2) is 7.77. The van der Waals surface area contributed by atoms with Crippen molar-refractivity contribution < 1.29 is 13.7 Å². The molecule has 2 atom stereocenters. The van der Waals surface area contributed by atoms with E-state index in [1.165, 1.54) is 0 Å². The van der Waals surface area contributed by atoms with Gasteiger partial charge in [-0.05, 0) is 30.5 Å². The first-order valence-electron chi connectivity index (χ1n) is 6.79. The van der Waals surface area contributed by atoms with Crippen molar-refractivity contribution in [1.82, 2.24) is 5.32 Å². The molecule has 0 aliphatic carbocycles. The van der Waals surface area contributed by atoms with Gasteiger partial charge < -0.3 is 15.4 Å². The standard InChI is InChI=1S/C14H19ClN2O3S/c1-21(19)9-10-4-5-12(15)13(7-10)17-14(18)16-8-11-3-2-6-20-11/h4-5,7,11H,2-3,6,8-9H2,1H3,(H2,16,17,18)/t11-,21-/m0/s1. The van der Waals surface area contributed by atoms with Gasteiger partial charge in [0.15, 0.2) is 0 Å². The highest BCUT2D eigenvalue weighted by Gasteiger charge is 2.16. The molecule has 2 amide bonds.